The molecule has 1 N–H and O–H groups in total. The monoisotopic (exact) mass is 553 g/mol. The van der Waals surface area contributed by atoms with Crippen LogP contribution in [-0.4, -0.2) is 50.5 Å². The molecule has 0 heterocycles. The van der Waals surface area contributed by atoms with E-state index in [1.54, 1.807) is 25.1 Å². The summed E-state index contributed by atoms with van der Waals surface area (Å²) in [5, 5.41) is 3.64. The summed E-state index contributed by atoms with van der Waals surface area (Å²) in [6, 6.07) is 8.18. The maximum absolute atomic E-state index is 13.4. The van der Waals surface area contributed by atoms with E-state index in [0.29, 0.717) is 27.2 Å². The van der Waals surface area contributed by atoms with Crippen LogP contribution in [0, 0.1) is 0 Å². The molecule has 0 aromatic heterocycles. The van der Waals surface area contributed by atoms with E-state index in [-0.39, 0.29) is 17.3 Å². The van der Waals surface area contributed by atoms with Crippen molar-refractivity contribution in [2.45, 2.75) is 26.4 Å². The van der Waals surface area contributed by atoms with Crippen molar-refractivity contribution in [2.24, 2.45) is 0 Å². The van der Waals surface area contributed by atoms with E-state index in [4.69, 9.17) is 46.4 Å². The third kappa shape index (κ3) is 7.13. The number of likely N-dealkylation sites (N-methyl/N-ethyl adjacent to an activating group) is 1. The number of anilines is 1. The second-order valence-electron chi connectivity index (χ2n) is 7.16. The molecule has 0 radical (unpaired) electrons. The molecule has 2 aromatic rings. The maximum Gasteiger partial charge on any atom is 0.244 e. The molecule has 12 heteroatoms. The van der Waals surface area contributed by atoms with Crippen molar-refractivity contribution < 1.29 is 18.0 Å². The molecule has 7 nitrogen and oxygen atoms in total. The number of hydrogen-bond donors (Lipinski definition) is 1. The third-order valence-electron chi connectivity index (χ3n) is 4.77. The molecule has 2 rings (SSSR count). The second kappa shape index (κ2) is 11.6. The Morgan fingerprint density at radius 1 is 1.03 bits per heavy atom. The molecule has 1 unspecified atom stereocenters. The number of hydrogen-bond acceptors (Lipinski definition) is 4. The zero-order valence-corrected chi connectivity index (χ0v) is 22.0. The largest absolute Gasteiger partial charge is 0.355 e. The van der Waals surface area contributed by atoms with Gasteiger partial charge in [-0.1, -0.05) is 52.5 Å². The molecular weight excluding hydrogens is 532 g/mol. The molecule has 0 aliphatic heterocycles. The summed E-state index contributed by atoms with van der Waals surface area (Å²) in [5.41, 5.74) is 0.513. The minimum absolute atomic E-state index is 0.0539. The number of nitrogens with one attached hydrogen (secondary N) is 1. The molecule has 2 amide bonds. The van der Waals surface area contributed by atoms with Crippen molar-refractivity contribution in [3.63, 3.8) is 0 Å². The van der Waals surface area contributed by atoms with Crippen molar-refractivity contribution in [2.75, 3.05) is 23.7 Å². The van der Waals surface area contributed by atoms with Crippen LogP contribution in [0.4, 0.5) is 5.69 Å². The zero-order chi connectivity index (χ0) is 24.9. The quantitative estimate of drug-likeness (QED) is 0.490. The van der Waals surface area contributed by atoms with Crippen LogP contribution >= 0.6 is 46.4 Å². The predicted octanol–water partition coefficient (Wildman–Crippen LogP) is 4.62. The molecule has 0 aliphatic carbocycles. The molecule has 0 bridgehead atoms. The Hall–Kier alpha value is -1.71. The van der Waals surface area contributed by atoms with Crippen molar-refractivity contribution in [3.8, 4) is 0 Å². The van der Waals surface area contributed by atoms with Gasteiger partial charge < -0.3 is 10.2 Å². The van der Waals surface area contributed by atoms with Gasteiger partial charge in [0.15, 0.2) is 0 Å². The number of nitrogens with zero attached hydrogens (tertiary/aromatic N) is 2. The summed E-state index contributed by atoms with van der Waals surface area (Å²) < 4.78 is 25.9. The van der Waals surface area contributed by atoms with Gasteiger partial charge in [-0.05, 0) is 44.2 Å². The summed E-state index contributed by atoms with van der Waals surface area (Å²) in [6.45, 7) is 2.92. The first-order valence-corrected chi connectivity index (χ1v) is 13.2. The van der Waals surface area contributed by atoms with Crippen molar-refractivity contribution in [1.29, 1.82) is 0 Å². The number of benzene rings is 2. The number of amides is 2. The fourth-order valence-electron chi connectivity index (χ4n) is 3.04. The zero-order valence-electron chi connectivity index (χ0n) is 18.1. The number of sulfonamides is 1. The molecule has 1 atom stereocenters. The lowest BCUT2D eigenvalue weighted by Crippen LogP contribution is -2.51. The minimum Gasteiger partial charge on any atom is -0.355 e. The minimum atomic E-state index is -3.92. The average molecular weight is 555 g/mol. The molecule has 0 aliphatic rings. The van der Waals surface area contributed by atoms with Gasteiger partial charge in [0.2, 0.25) is 21.8 Å². The molecule has 33 heavy (non-hydrogen) atoms. The predicted molar refractivity (Wildman–Crippen MR) is 134 cm³/mol. The molecule has 0 fully saturated rings. The standard InChI is InChI=1S/C21H23Cl4N3O4S/c1-4-26-21(30)13(2)27(11-15-16(23)6-5-7-17(15)24)20(29)12-28(33(3,31)32)19-9-8-14(22)10-18(19)25/h5-10,13H,4,11-12H2,1-3H3,(H,26,30). The summed E-state index contributed by atoms with van der Waals surface area (Å²) in [5.74, 6) is -1.06. The molecular formula is C21H23Cl4N3O4S. The van der Waals surface area contributed by atoms with Crippen LogP contribution in [-0.2, 0) is 26.2 Å². The first kappa shape index (κ1) is 27.5. The van der Waals surface area contributed by atoms with E-state index in [0.717, 1.165) is 10.6 Å². The highest BCUT2D eigenvalue weighted by atomic mass is 35.5. The lowest BCUT2D eigenvalue weighted by molar-refractivity contribution is -0.139. The van der Waals surface area contributed by atoms with Gasteiger partial charge in [0.05, 0.1) is 17.0 Å². The Balaban J connectivity index is 2.48. The Bertz CT molecular complexity index is 1120. The number of halogens is 4. The lowest BCUT2D eigenvalue weighted by Gasteiger charge is -2.32. The normalized spacial score (nSPS) is 12.2. The van der Waals surface area contributed by atoms with Gasteiger partial charge in [-0.15, -0.1) is 0 Å². The van der Waals surface area contributed by atoms with E-state index in [1.165, 1.54) is 30.0 Å². The topological polar surface area (TPSA) is 86.8 Å². The van der Waals surface area contributed by atoms with Gasteiger partial charge in [-0.25, -0.2) is 8.42 Å². The highest BCUT2D eigenvalue weighted by Gasteiger charge is 2.31. The second-order valence-corrected chi connectivity index (χ2v) is 10.7. The van der Waals surface area contributed by atoms with Gasteiger partial charge in [0.1, 0.15) is 12.6 Å². The van der Waals surface area contributed by atoms with Crippen LogP contribution in [0.3, 0.4) is 0 Å². The molecule has 0 saturated heterocycles. The summed E-state index contributed by atoms with van der Waals surface area (Å²) in [7, 11) is -3.92. The Kier molecular flexibility index (Phi) is 9.70. The fraction of sp³-hybridized carbons (Fsp3) is 0.333. The van der Waals surface area contributed by atoms with Gasteiger partial charge in [0.25, 0.3) is 0 Å². The summed E-state index contributed by atoms with van der Waals surface area (Å²) >= 11 is 24.7. The number of carbonyl (C=O) groups excluding carboxylic acids is 2. The summed E-state index contributed by atoms with van der Waals surface area (Å²) in [6.07, 6.45) is 0.952. The third-order valence-corrected chi connectivity index (χ3v) is 7.14. The van der Waals surface area contributed by atoms with E-state index in [9.17, 15) is 18.0 Å². The van der Waals surface area contributed by atoms with Crippen LogP contribution in [0.2, 0.25) is 20.1 Å². The van der Waals surface area contributed by atoms with Gasteiger partial charge in [0, 0.05) is 33.7 Å². The van der Waals surface area contributed by atoms with Gasteiger partial charge >= 0.3 is 0 Å². The van der Waals surface area contributed by atoms with E-state index in [1.807, 2.05) is 0 Å². The Labute approximate surface area is 213 Å². The SMILES string of the molecule is CCNC(=O)C(C)N(Cc1c(Cl)cccc1Cl)C(=O)CN(c1ccc(Cl)cc1Cl)S(C)(=O)=O. The van der Waals surface area contributed by atoms with Crippen molar-refractivity contribution in [1.82, 2.24) is 10.2 Å². The molecule has 0 spiro atoms. The van der Waals surface area contributed by atoms with Gasteiger partial charge in [-0.2, -0.15) is 0 Å². The van der Waals surface area contributed by atoms with Crippen LogP contribution < -0.4 is 9.62 Å². The number of carbonyl (C=O) groups is 2. The Morgan fingerprint density at radius 2 is 1.64 bits per heavy atom. The Morgan fingerprint density at radius 3 is 2.15 bits per heavy atom. The smallest absolute Gasteiger partial charge is 0.244 e. The van der Waals surface area contributed by atoms with E-state index >= 15 is 0 Å². The first-order valence-electron chi connectivity index (χ1n) is 9.79. The molecule has 180 valence electrons. The fourth-order valence-corrected chi connectivity index (χ4v) is 4.98. The van der Waals surface area contributed by atoms with Gasteiger partial charge in [-0.3, -0.25) is 13.9 Å². The highest BCUT2D eigenvalue weighted by Crippen LogP contribution is 2.31. The number of rotatable bonds is 9. The maximum atomic E-state index is 13.4. The lowest BCUT2D eigenvalue weighted by atomic mass is 10.1. The van der Waals surface area contributed by atoms with Crippen molar-refractivity contribution in [3.05, 3.63) is 62.1 Å². The highest BCUT2D eigenvalue weighted by molar-refractivity contribution is 7.92. The van der Waals surface area contributed by atoms with Crippen LogP contribution in [0.1, 0.15) is 19.4 Å². The molecule has 0 saturated carbocycles. The first-order chi connectivity index (χ1) is 15.4. The van der Waals surface area contributed by atoms with E-state index < -0.39 is 34.4 Å². The van der Waals surface area contributed by atoms with E-state index in [2.05, 4.69) is 5.32 Å². The van der Waals surface area contributed by atoms with Crippen LogP contribution in [0.15, 0.2) is 36.4 Å². The molecule has 2 aromatic carbocycles. The van der Waals surface area contributed by atoms with Crippen LogP contribution in [0.5, 0.6) is 0 Å². The van der Waals surface area contributed by atoms with Crippen LogP contribution in [0.25, 0.3) is 0 Å². The summed E-state index contributed by atoms with van der Waals surface area (Å²) in [4.78, 5) is 27.2. The van der Waals surface area contributed by atoms with Crippen molar-refractivity contribution >= 4 is 73.9 Å². The average Bonchev–Trinajstić information content (AvgIpc) is 2.71.